The van der Waals surface area contributed by atoms with Gasteiger partial charge in [-0.1, -0.05) is 42.5 Å². The molecule has 0 spiro atoms. The molecule has 1 heterocycles. The van der Waals surface area contributed by atoms with Crippen LogP contribution in [0.4, 0.5) is 0 Å². The van der Waals surface area contributed by atoms with E-state index >= 15 is 0 Å². The molecule has 0 amide bonds. The molecule has 3 rings (SSSR count). The molecule has 0 saturated carbocycles. The van der Waals surface area contributed by atoms with Crippen LogP contribution in [0.3, 0.4) is 0 Å². The van der Waals surface area contributed by atoms with Gasteiger partial charge in [-0.15, -0.1) is 0 Å². The van der Waals surface area contributed by atoms with Crippen LogP contribution < -0.4 is 5.32 Å². The minimum Gasteiger partial charge on any atom is -0.508 e. The molecule has 1 aliphatic rings. The second kappa shape index (κ2) is 6.29. The minimum absolute atomic E-state index is 0.144. The van der Waals surface area contributed by atoms with Gasteiger partial charge in [-0.05, 0) is 42.1 Å². The van der Waals surface area contributed by atoms with Crippen LogP contribution in [0.5, 0.6) is 5.75 Å². The van der Waals surface area contributed by atoms with Gasteiger partial charge in [0.1, 0.15) is 5.75 Å². The van der Waals surface area contributed by atoms with Crippen molar-refractivity contribution in [1.82, 2.24) is 5.32 Å². The fourth-order valence-electron chi connectivity index (χ4n) is 3.25. The van der Waals surface area contributed by atoms with Crippen LogP contribution in [0, 0.1) is 5.92 Å². The maximum atomic E-state index is 10.7. The largest absolute Gasteiger partial charge is 0.508 e. The first-order valence-electron chi connectivity index (χ1n) is 7.48. The highest BCUT2D eigenvalue weighted by molar-refractivity contribution is 5.29. The lowest BCUT2D eigenvalue weighted by molar-refractivity contribution is 0.0783. The number of aliphatic hydroxyl groups excluding tert-OH is 1. The number of hydrogen-bond donors (Lipinski definition) is 3. The molecule has 3 atom stereocenters. The Morgan fingerprint density at radius 2 is 1.71 bits per heavy atom. The van der Waals surface area contributed by atoms with Gasteiger partial charge in [0, 0.05) is 12.5 Å². The maximum Gasteiger partial charge on any atom is 0.115 e. The van der Waals surface area contributed by atoms with E-state index in [1.165, 1.54) is 5.56 Å². The number of rotatable bonds is 3. The summed E-state index contributed by atoms with van der Waals surface area (Å²) in [5.74, 6) is 0.731. The fraction of sp³-hybridized carbons (Fsp3) is 0.333. The Kier molecular flexibility index (Phi) is 4.23. The Balaban J connectivity index is 1.85. The molecule has 3 N–H and O–H groups in total. The van der Waals surface area contributed by atoms with Crippen LogP contribution in [-0.2, 0) is 0 Å². The van der Waals surface area contributed by atoms with Crippen LogP contribution in [0.2, 0.25) is 0 Å². The Labute approximate surface area is 125 Å². The standard InChI is InChI=1S/C18H21NO2/c20-15-8-6-14(7-9-15)18(21)17-12-19-11-10-16(17)13-4-2-1-3-5-13/h1-9,16-21H,10-12H2. The number of hydrogen-bond acceptors (Lipinski definition) is 3. The third-order valence-corrected chi connectivity index (χ3v) is 4.40. The van der Waals surface area contributed by atoms with Gasteiger partial charge in [-0.2, -0.15) is 0 Å². The molecule has 1 fully saturated rings. The number of piperidine rings is 1. The van der Waals surface area contributed by atoms with Gasteiger partial charge in [0.05, 0.1) is 6.10 Å². The molecule has 3 heteroatoms. The molecule has 1 aliphatic heterocycles. The molecule has 0 aliphatic carbocycles. The summed E-state index contributed by atoms with van der Waals surface area (Å²) >= 11 is 0. The van der Waals surface area contributed by atoms with Gasteiger partial charge in [-0.25, -0.2) is 0 Å². The molecule has 2 aromatic rings. The second-order valence-electron chi connectivity index (χ2n) is 5.71. The summed E-state index contributed by atoms with van der Waals surface area (Å²) in [7, 11) is 0. The van der Waals surface area contributed by atoms with Crippen LogP contribution in [-0.4, -0.2) is 23.3 Å². The minimum atomic E-state index is -0.524. The number of aliphatic hydroxyl groups is 1. The zero-order chi connectivity index (χ0) is 14.7. The van der Waals surface area contributed by atoms with Crippen molar-refractivity contribution in [2.75, 3.05) is 13.1 Å². The van der Waals surface area contributed by atoms with Gasteiger partial charge in [-0.3, -0.25) is 0 Å². The SMILES string of the molecule is Oc1ccc(C(O)C2CNCCC2c2ccccc2)cc1. The van der Waals surface area contributed by atoms with Crippen molar-refractivity contribution in [3.63, 3.8) is 0 Å². The Morgan fingerprint density at radius 1 is 1.00 bits per heavy atom. The summed E-state index contributed by atoms with van der Waals surface area (Å²) in [6, 6.07) is 17.3. The molecule has 3 nitrogen and oxygen atoms in total. The molecule has 2 aromatic carbocycles. The highest BCUT2D eigenvalue weighted by atomic mass is 16.3. The first kappa shape index (κ1) is 14.1. The summed E-state index contributed by atoms with van der Waals surface area (Å²) < 4.78 is 0. The zero-order valence-corrected chi connectivity index (χ0v) is 11.9. The summed E-state index contributed by atoms with van der Waals surface area (Å²) in [4.78, 5) is 0. The summed E-state index contributed by atoms with van der Waals surface area (Å²) in [6.07, 6.45) is 0.507. The van der Waals surface area contributed by atoms with E-state index in [-0.39, 0.29) is 11.7 Å². The van der Waals surface area contributed by atoms with Gasteiger partial charge < -0.3 is 15.5 Å². The van der Waals surface area contributed by atoms with Crippen molar-refractivity contribution in [3.8, 4) is 5.75 Å². The third-order valence-electron chi connectivity index (χ3n) is 4.40. The molecule has 0 aromatic heterocycles. The van der Waals surface area contributed by atoms with Crippen molar-refractivity contribution < 1.29 is 10.2 Å². The number of benzene rings is 2. The normalized spacial score (nSPS) is 23.7. The van der Waals surface area contributed by atoms with Crippen LogP contribution in [0.15, 0.2) is 54.6 Å². The Morgan fingerprint density at radius 3 is 2.43 bits per heavy atom. The van der Waals surface area contributed by atoms with Gasteiger partial charge in [0.2, 0.25) is 0 Å². The van der Waals surface area contributed by atoms with Gasteiger partial charge in [0.15, 0.2) is 0 Å². The monoisotopic (exact) mass is 283 g/mol. The lowest BCUT2D eigenvalue weighted by Gasteiger charge is -2.36. The van der Waals surface area contributed by atoms with Crippen molar-refractivity contribution >= 4 is 0 Å². The highest BCUT2D eigenvalue weighted by Gasteiger charge is 2.32. The van der Waals surface area contributed by atoms with Gasteiger partial charge in [0.25, 0.3) is 0 Å². The number of nitrogens with one attached hydrogen (secondary N) is 1. The van der Waals surface area contributed by atoms with Crippen LogP contribution in [0.25, 0.3) is 0 Å². The van der Waals surface area contributed by atoms with E-state index in [1.807, 2.05) is 6.07 Å². The van der Waals surface area contributed by atoms with Crippen LogP contribution in [0.1, 0.15) is 29.6 Å². The summed E-state index contributed by atoms with van der Waals surface area (Å²) in [5, 5.41) is 23.5. The van der Waals surface area contributed by atoms with E-state index in [9.17, 15) is 10.2 Å². The van der Waals surface area contributed by atoms with E-state index in [1.54, 1.807) is 24.3 Å². The molecule has 3 unspecified atom stereocenters. The van der Waals surface area contributed by atoms with E-state index in [2.05, 4.69) is 29.6 Å². The topological polar surface area (TPSA) is 52.5 Å². The highest BCUT2D eigenvalue weighted by Crippen LogP contribution is 2.38. The van der Waals surface area contributed by atoms with E-state index in [0.29, 0.717) is 5.92 Å². The second-order valence-corrected chi connectivity index (χ2v) is 5.71. The first-order valence-corrected chi connectivity index (χ1v) is 7.48. The van der Waals surface area contributed by atoms with Crippen molar-refractivity contribution in [1.29, 1.82) is 0 Å². The van der Waals surface area contributed by atoms with E-state index < -0.39 is 6.10 Å². The number of phenols is 1. The molecule has 0 bridgehead atoms. The predicted molar refractivity (Wildman–Crippen MR) is 83.2 cm³/mol. The van der Waals surface area contributed by atoms with Crippen LogP contribution >= 0.6 is 0 Å². The smallest absolute Gasteiger partial charge is 0.115 e. The Bertz CT molecular complexity index is 568. The van der Waals surface area contributed by atoms with Crippen molar-refractivity contribution in [2.24, 2.45) is 5.92 Å². The lowest BCUT2D eigenvalue weighted by Crippen LogP contribution is -2.38. The lowest BCUT2D eigenvalue weighted by atomic mass is 9.76. The fourth-order valence-corrected chi connectivity index (χ4v) is 3.25. The third kappa shape index (κ3) is 3.09. The quantitative estimate of drug-likeness (QED) is 0.812. The maximum absolute atomic E-state index is 10.7. The molecule has 110 valence electrons. The summed E-state index contributed by atoms with van der Waals surface area (Å²) in [5.41, 5.74) is 2.16. The van der Waals surface area contributed by atoms with Crippen molar-refractivity contribution in [2.45, 2.75) is 18.4 Å². The van der Waals surface area contributed by atoms with Gasteiger partial charge >= 0.3 is 0 Å². The molecular formula is C18H21NO2. The molecule has 0 radical (unpaired) electrons. The average Bonchev–Trinajstić information content (AvgIpc) is 2.56. The van der Waals surface area contributed by atoms with Crippen molar-refractivity contribution in [3.05, 3.63) is 65.7 Å². The van der Waals surface area contributed by atoms with E-state index in [0.717, 1.165) is 25.1 Å². The molecule has 21 heavy (non-hydrogen) atoms. The molecule has 1 saturated heterocycles. The number of phenolic OH excluding ortho intramolecular Hbond substituents is 1. The molecular weight excluding hydrogens is 262 g/mol. The summed E-state index contributed by atoms with van der Waals surface area (Å²) in [6.45, 7) is 1.79. The Hall–Kier alpha value is -1.84. The zero-order valence-electron chi connectivity index (χ0n) is 11.9. The first-order chi connectivity index (χ1) is 10.3. The number of aromatic hydroxyl groups is 1. The predicted octanol–water partition coefficient (Wildman–Crippen LogP) is 2.82. The van der Waals surface area contributed by atoms with E-state index in [4.69, 9.17) is 0 Å². The average molecular weight is 283 g/mol.